The number of carbonyl (C=O) groups excluding carboxylic acids is 2. The number of amides is 1. The van der Waals surface area contributed by atoms with Crippen molar-refractivity contribution in [3.8, 4) is 0 Å². The van der Waals surface area contributed by atoms with E-state index in [1.54, 1.807) is 0 Å². The fourth-order valence-corrected chi connectivity index (χ4v) is 3.85. The molecule has 3 heterocycles. The molecule has 2 aliphatic rings. The molecule has 1 amide bonds. The smallest absolute Gasteiger partial charge is 0.222 e. The molecule has 2 fully saturated rings. The minimum Gasteiger partial charge on any atom is -0.337 e. The van der Waals surface area contributed by atoms with Crippen LogP contribution < -0.4 is 0 Å². The summed E-state index contributed by atoms with van der Waals surface area (Å²) in [6.07, 6.45) is 3.26. The lowest BCUT2D eigenvalue weighted by Gasteiger charge is -2.37. The second kappa shape index (κ2) is 6.06. The Morgan fingerprint density at radius 2 is 2.30 bits per heavy atom. The SMILES string of the molecule is O=C(CCCN1CCN2C(=O)CCC2C1)c1cccs1. The van der Waals surface area contributed by atoms with Gasteiger partial charge in [-0.3, -0.25) is 14.5 Å². The zero-order chi connectivity index (χ0) is 13.9. The largest absolute Gasteiger partial charge is 0.337 e. The van der Waals surface area contributed by atoms with E-state index < -0.39 is 0 Å². The van der Waals surface area contributed by atoms with Crippen molar-refractivity contribution < 1.29 is 9.59 Å². The molecule has 1 aromatic heterocycles. The molecule has 0 radical (unpaired) electrons. The highest BCUT2D eigenvalue weighted by molar-refractivity contribution is 7.12. The maximum Gasteiger partial charge on any atom is 0.222 e. The number of rotatable bonds is 5. The van der Waals surface area contributed by atoms with Crippen molar-refractivity contribution in [2.24, 2.45) is 0 Å². The van der Waals surface area contributed by atoms with Gasteiger partial charge in [-0.25, -0.2) is 0 Å². The van der Waals surface area contributed by atoms with Crippen molar-refractivity contribution in [3.63, 3.8) is 0 Å². The number of hydrogen-bond donors (Lipinski definition) is 0. The maximum absolute atomic E-state index is 11.9. The van der Waals surface area contributed by atoms with E-state index in [9.17, 15) is 9.59 Å². The maximum atomic E-state index is 11.9. The lowest BCUT2D eigenvalue weighted by Crippen LogP contribution is -2.51. The van der Waals surface area contributed by atoms with Crippen LogP contribution in [0.1, 0.15) is 35.4 Å². The monoisotopic (exact) mass is 292 g/mol. The van der Waals surface area contributed by atoms with E-state index in [1.165, 1.54) is 11.3 Å². The van der Waals surface area contributed by atoms with Crippen molar-refractivity contribution in [1.29, 1.82) is 0 Å². The van der Waals surface area contributed by atoms with Crippen LogP contribution in [0.15, 0.2) is 17.5 Å². The second-order valence-corrected chi connectivity index (χ2v) is 6.53. The van der Waals surface area contributed by atoms with E-state index in [0.29, 0.717) is 18.4 Å². The van der Waals surface area contributed by atoms with Gasteiger partial charge >= 0.3 is 0 Å². The average molecular weight is 292 g/mol. The topological polar surface area (TPSA) is 40.6 Å². The summed E-state index contributed by atoms with van der Waals surface area (Å²) in [5.74, 6) is 0.581. The van der Waals surface area contributed by atoms with Gasteiger partial charge in [-0.15, -0.1) is 11.3 Å². The summed E-state index contributed by atoms with van der Waals surface area (Å²) < 4.78 is 0. The predicted octanol–water partition coefficient (Wildman–Crippen LogP) is 2.02. The van der Waals surface area contributed by atoms with Crippen LogP contribution in [-0.4, -0.2) is 53.7 Å². The Labute approximate surface area is 123 Å². The summed E-state index contributed by atoms with van der Waals surface area (Å²) in [6, 6.07) is 4.24. The summed E-state index contributed by atoms with van der Waals surface area (Å²) >= 11 is 1.52. The lowest BCUT2D eigenvalue weighted by atomic mass is 10.1. The molecule has 4 nitrogen and oxygen atoms in total. The van der Waals surface area contributed by atoms with Crippen molar-refractivity contribution in [3.05, 3.63) is 22.4 Å². The minimum atomic E-state index is 0.259. The Hall–Kier alpha value is -1.20. The van der Waals surface area contributed by atoms with Crippen molar-refractivity contribution >= 4 is 23.0 Å². The predicted molar refractivity (Wildman–Crippen MR) is 79.1 cm³/mol. The molecule has 3 rings (SSSR count). The van der Waals surface area contributed by atoms with Gasteiger partial charge in [0.1, 0.15) is 0 Å². The molecule has 5 heteroatoms. The Balaban J connectivity index is 1.41. The number of nitrogens with zero attached hydrogens (tertiary/aromatic N) is 2. The Bertz CT molecular complexity index is 486. The molecule has 20 heavy (non-hydrogen) atoms. The van der Waals surface area contributed by atoms with Gasteiger partial charge in [-0.05, 0) is 30.8 Å². The molecule has 2 aliphatic heterocycles. The number of ketones is 1. The molecule has 0 spiro atoms. The second-order valence-electron chi connectivity index (χ2n) is 5.58. The van der Waals surface area contributed by atoms with E-state index in [0.717, 1.165) is 50.3 Å². The zero-order valence-electron chi connectivity index (χ0n) is 11.6. The number of hydrogen-bond acceptors (Lipinski definition) is 4. The summed E-state index contributed by atoms with van der Waals surface area (Å²) in [6.45, 7) is 3.77. The molecule has 0 aliphatic carbocycles. The van der Waals surface area contributed by atoms with Crippen molar-refractivity contribution in [2.75, 3.05) is 26.2 Å². The third-order valence-corrected chi connectivity index (χ3v) is 5.16. The van der Waals surface area contributed by atoms with E-state index in [2.05, 4.69) is 4.90 Å². The third kappa shape index (κ3) is 2.94. The first-order valence-electron chi connectivity index (χ1n) is 7.32. The lowest BCUT2D eigenvalue weighted by molar-refractivity contribution is -0.130. The van der Waals surface area contributed by atoms with Crippen LogP contribution in [0.3, 0.4) is 0 Å². The van der Waals surface area contributed by atoms with Crippen LogP contribution in [0.4, 0.5) is 0 Å². The Kier molecular flexibility index (Phi) is 4.17. The van der Waals surface area contributed by atoms with Gasteiger partial charge in [-0.1, -0.05) is 6.07 Å². The summed E-state index contributed by atoms with van der Waals surface area (Å²) in [5.41, 5.74) is 0. The number of Topliss-reactive ketones (excluding diaryl/α,β-unsaturated/α-hetero) is 1. The van der Waals surface area contributed by atoms with Crippen molar-refractivity contribution in [2.45, 2.75) is 31.7 Å². The molecule has 0 saturated carbocycles. The fourth-order valence-electron chi connectivity index (χ4n) is 3.16. The molecule has 2 saturated heterocycles. The highest BCUT2D eigenvalue weighted by Gasteiger charge is 2.35. The minimum absolute atomic E-state index is 0.259. The fraction of sp³-hybridized carbons (Fsp3) is 0.600. The van der Waals surface area contributed by atoms with Gasteiger partial charge in [0.05, 0.1) is 4.88 Å². The van der Waals surface area contributed by atoms with E-state index in [-0.39, 0.29) is 5.78 Å². The van der Waals surface area contributed by atoms with Crippen molar-refractivity contribution in [1.82, 2.24) is 9.80 Å². The molecule has 0 N–H and O–H groups in total. The summed E-state index contributed by atoms with van der Waals surface area (Å²) in [7, 11) is 0. The van der Waals surface area contributed by atoms with E-state index in [4.69, 9.17) is 0 Å². The molecule has 1 atom stereocenters. The first-order chi connectivity index (χ1) is 9.74. The highest BCUT2D eigenvalue weighted by Crippen LogP contribution is 2.23. The molecule has 0 aromatic carbocycles. The van der Waals surface area contributed by atoms with Gasteiger partial charge in [0.15, 0.2) is 5.78 Å². The first-order valence-corrected chi connectivity index (χ1v) is 8.20. The van der Waals surface area contributed by atoms with Gasteiger partial charge < -0.3 is 4.90 Å². The summed E-state index contributed by atoms with van der Waals surface area (Å²) in [5, 5.41) is 1.95. The van der Waals surface area contributed by atoms with Crippen LogP contribution in [0.25, 0.3) is 0 Å². The molecule has 1 aromatic rings. The zero-order valence-corrected chi connectivity index (χ0v) is 12.4. The van der Waals surface area contributed by atoms with Crippen LogP contribution in [0, 0.1) is 0 Å². The molecule has 108 valence electrons. The number of piperazine rings is 1. The van der Waals surface area contributed by atoms with Gasteiger partial charge in [0.2, 0.25) is 5.91 Å². The van der Waals surface area contributed by atoms with Crippen LogP contribution >= 0.6 is 11.3 Å². The number of fused-ring (bicyclic) bond motifs is 1. The van der Waals surface area contributed by atoms with Gasteiger partial charge in [0.25, 0.3) is 0 Å². The Morgan fingerprint density at radius 1 is 1.40 bits per heavy atom. The highest BCUT2D eigenvalue weighted by atomic mass is 32.1. The van der Waals surface area contributed by atoms with Crippen LogP contribution in [0.5, 0.6) is 0 Å². The van der Waals surface area contributed by atoms with Crippen LogP contribution in [0.2, 0.25) is 0 Å². The Morgan fingerprint density at radius 3 is 3.10 bits per heavy atom. The van der Waals surface area contributed by atoms with E-state index >= 15 is 0 Å². The van der Waals surface area contributed by atoms with Gasteiger partial charge in [-0.2, -0.15) is 0 Å². The normalized spacial score (nSPS) is 23.1. The van der Waals surface area contributed by atoms with Crippen LogP contribution in [-0.2, 0) is 4.79 Å². The third-order valence-electron chi connectivity index (χ3n) is 4.25. The first kappa shape index (κ1) is 13.8. The molecular weight excluding hydrogens is 272 g/mol. The molecule has 0 bridgehead atoms. The molecular formula is C15H20N2O2S. The van der Waals surface area contributed by atoms with E-state index in [1.807, 2.05) is 22.4 Å². The number of carbonyl (C=O) groups is 2. The average Bonchev–Trinajstić information content (AvgIpc) is 3.09. The summed E-state index contributed by atoms with van der Waals surface area (Å²) in [4.78, 5) is 28.8. The standard InChI is InChI=1S/C15H20N2O2S/c18-13(14-4-2-10-20-14)3-1-7-16-8-9-17-12(11-16)5-6-15(17)19/h2,4,10,12H,1,3,5-9,11H2. The quantitative estimate of drug-likeness (QED) is 0.780. The number of thiophene rings is 1. The molecule has 1 unspecified atom stereocenters. The van der Waals surface area contributed by atoms with Gasteiger partial charge in [0, 0.05) is 38.5 Å².